The van der Waals surface area contributed by atoms with Gasteiger partial charge in [-0.05, 0) is 86.0 Å². The number of rotatable bonds is 6. The van der Waals surface area contributed by atoms with E-state index in [2.05, 4.69) is 11.8 Å². The number of hydrogen-bond donors (Lipinski definition) is 1. The lowest BCUT2D eigenvalue weighted by Gasteiger charge is -2.38. The molecule has 1 fully saturated rings. The van der Waals surface area contributed by atoms with Crippen molar-refractivity contribution < 1.29 is 14.2 Å². The normalized spacial score (nSPS) is 17.6. The summed E-state index contributed by atoms with van der Waals surface area (Å²) in [5, 5.41) is 13.6. The van der Waals surface area contributed by atoms with Gasteiger partial charge in [-0.15, -0.1) is 0 Å². The Labute approximate surface area is 188 Å². The molecular weight excluding hydrogens is 413 g/mol. The summed E-state index contributed by atoms with van der Waals surface area (Å²) in [6.45, 7) is 4.01. The molecule has 4 rings (SSSR count). The summed E-state index contributed by atoms with van der Waals surface area (Å²) < 4.78 is 18.4. The smallest absolute Gasteiger partial charge is 0.138 e. The zero-order valence-electron chi connectivity index (χ0n) is 18.0. The maximum absolute atomic E-state index is 13.1. The van der Waals surface area contributed by atoms with Crippen LogP contribution in [0.4, 0.5) is 4.39 Å². The van der Waals surface area contributed by atoms with Crippen molar-refractivity contribution in [2.24, 2.45) is 5.92 Å². The summed E-state index contributed by atoms with van der Waals surface area (Å²) in [6, 6.07) is 16.6. The van der Waals surface area contributed by atoms with Crippen molar-refractivity contribution in [3.8, 4) is 5.75 Å². The molecule has 0 unspecified atom stereocenters. The van der Waals surface area contributed by atoms with Gasteiger partial charge in [0.25, 0.3) is 0 Å². The molecule has 1 N–H and O–H groups in total. The van der Waals surface area contributed by atoms with Gasteiger partial charge in [-0.2, -0.15) is 0 Å². The Morgan fingerprint density at radius 1 is 1.10 bits per heavy atom. The Morgan fingerprint density at radius 2 is 1.81 bits per heavy atom. The fourth-order valence-corrected chi connectivity index (χ4v) is 4.94. The number of hydrogen-bond acceptors (Lipinski definition) is 3. The summed E-state index contributed by atoms with van der Waals surface area (Å²) in [6.07, 6.45) is 2.59. The van der Waals surface area contributed by atoms with E-state index in [1.165, 1.54) is 17.7 Å². The lowest BCUT2D eigenvalue weighted by molar-refractivity contribution is 0.0374. The van der Waals surface area contributed by atoms with Gasteiger partial charge in [0.1, 0.15) is 11.6 Å². The number of fused-ring (bicyclic) bond motifs is 1. The zero-order chi connectivity index (χ0) is 22.0. The number of likely N-dealkylation sites (tertiary alicyclic amines) is 1. The fraction of sp³-hybridized carbons (Fsp3) is 0.385. The molecule has 0 aromatic heterocycles. The average Bonchev–Trinajstić information content (AvgIpc) is 2.80. The summed E-state index contributed by atoms with van der Waals surface area (Å²) in [4.78, 5) is 2.37. The molecule has 164 valence electrons. The van der Waals surface area contributed by atoms with E-state index in [0.29, 0.717) is 16.7 Å². The lowest BCUT2D eigenvalue weighted by atomic mass is 9.88. The molecule has 1 saturated heterocycles. The molecular formula is C26H29ClFNO2. The topological polar surface area (TPSA) is 32.7 Å². The standard InChI is InChI=1S/C26H29ClFNO2/c1-17(29-13-11-19(12-14-29)15-18-3-7-22(28)8-4-18)26(30)21-5-9-23-20(16-21)6-10-24(31-2)25(23)27/h3-10,16-17,19,26,30H,11-15H2,1-2H3/t17-,26-/m0/s1. The molecule has 0 amide bonds. The van der Waals surface area contributed by atoms with E-state index < -0.39 is 6.10 Å². The Bertz CT molecular complexity index is 1030. The molecule has 1 aliphatic heterocycles. The van der Waals surface area contributed by atoms with Crippen molar-refractivity contribution in [1.82, 2.24) is 4.90 Å². The van der Waals surface area contributed by atoms with E-state index in [-0.39, 0.29) is 11.9 Å². The first-order valence-electron chi connectivity index (χ1n) is 10.9. The first-order chi connectivity index (χ1) is 15.0. The predicted molar refractivity (Wildman–Crippen MR) is 124 cm³/mol. The van der Waals surface area contributed by atoms with E-state index in [4.69, 9.17) is 16.3 Å². The van der Waals surface area contributed by atoms with Gasteiger partial charge < -0.3 is 9.84 Å². The molecule has 3 aromatic carbocycles. The summed E-state index contributed by atoms with van der Waals surface area (Å²) in [5.41, 5.74) is 2.09. The first-order valence-corrected chi connectivity index (χ1v) is 11.3. The quantitative estimate of drug-likeness (QED) is 0.507. The van der Waals surface area contributed by atoms with Gasteiger partial charge in [0.05, 0.1) is 18.2 Å². The van der Waals surface area contributed by atoms with Crippen LogP contribution < -0.4 is 4.74 Å². The third-order valence-electron chi connectivity index (χ3n) is 6.62. The average molecular weight is 442 g/mol. The Kier molecular flexibility index (Phi) is 6.80. The minimum Gasteiger partial charge on any atom is -0.495 e. The van der Waals surface area contributed by atoms with Gasteiger partial charge in [0.2, 0.25) is 0 Å². The molecule has 1 aliphatic rings. The third-order valence-corrected chi connectivity index (χ3v) is 7.01. The predicted octanol–water partition coefficient (Wildman–Crippen LogP) is 6.02. The van der Waals surface area contributed by atoms with E-state index in [1.54, 1.807) is 7.11 Å². The van der Waals surface area contributed by atoms with Crippen LogP contribution in [-0.4, -0.2) is 36.2 Å². The fourth-order valence-electron chi connectivity index (χ4n) is 4.63. The molecule has 0 saturated carbocycles. The SMILES string of the molecule is COc1ccc2cc([C@@H](O)[C@H](C)N3CCC(Cc4ccc(F)cc4)CC3)ccc2c1Cl. The van der Waals surface area contributed by atoms with Crippen molar-refractivity contribution in [3.05, 3.63) is 76.6 Å². The second-order valence-corrected chi connectivity index (χ2v) is 8.94. The second kappa shape index (κ2) is 9.56. The molecule has 3 nitrogen and oxygen atoms in total. The molecule has 5 heteroatoms. The monoisotopic (exact) mass is 441 g/mol. The second-order valence-electron chi connectivity index (χ2n) is 8.56. The van der Waals surface area contributed by atoms with Crippen molar-refractivity contribution >= 4 is 22.4 Å². The van der Waals surface area contributed by atoms with E-state index in [1.807, 2.05) is 42.5 Å². The molecule has 31 heavy (non-hydrogen) atoms. The summed E-state index contributed by atoms with van der Waals surface area (Å²) >= 11 is 6.42. The maximum atomic E-state index is 13.1. The number of nitrogens with zero attached hydrogens (tertiary/aromatic N) is 1. The molecule has 3 aromatic rings. The Morgan fingerprint density at radius 3 is 2.48 bits per heavy atom. The van der Waals surface area contributed by atoms with Crippen LogP contribution in [0.2, 0.25) is 5.02 Å². The van der Waals surface area contributed by atoms with Gasteiger partial charge in [0.15, 0.2) is 0 Å². The first kappa shape index (κ1) is 22.1. The number of methoxy groups -OCH3 is 1. The number of ether oxygens (including phenoxy) is 1. The van der Waals surface area contributed by atoms with Crippen LogP contribution in [0.25, 0.3) is 10.8 Å². The van der Waals surface area contributed by atoms with Crippen LogP contribution in [0.15, 0.2) is 54.6 Å². The van der Waals surface area contributed by atoms with Crippen LogP contribution in [0.3, 0.4) is 0 Å². The van der Waals surface area contributed by atoms with E-state index in [9.17, 15) is 9.50 Å². The van der Waals surface area contributed by atoms with Crippen LogP contribution in [0.5, 0.6) is 5.75 Å². The molecule has 2 atom stereocenters. The van der Waals surface area contributed by atoms with Gasteiger partial charge in [0, 0.05) is 11.4 Å². The van der Waals surface area contributed by atoms with Crippen LogP contribution in [-0.2, 0) is 6.42 Å². The van der Waals surface area contributed by atoms with Gasteiger partial charge in [-0.3, -0.25) is 4.90 Å². The van der Waals surface area contributed by atoms with Crippen molar-refractivity contribution in [2.45, 2.75) is 38.3 Å². The maximum Gasteiger partial charge on any atom is 0.138 e. The Hall–Kier alpha value is -2.14. The van der Waals surface area contributed by atoms with Crippen molar-refractivity contribution in [2.75, 3.05) is 20.2 Å². The number of piperidine rings is 1. The minimum absolute atomic E-state index is 0.0259. The molecule has 0 spiro atoms. The minimum atomic E-state index is -0.570. The molecule has 1 heterocycles. The molecule has 0 radical (unpaired) electrons. The number of aliphatic hydroxyl groups is 1. The number of benzene rings is 3. The highest BCUT2D eigenvalue weighted by molar-refractivity contribution is 6.37. The molecule has 0 aliphatic carbocycles. The largest absolute Gasteiger partial charge is 0.495 e. The van der Waals surface area contributed by atoms with Gasteiger partial charge >= 0.3 is 0 Å². The van der Waals surface area contributed by atoms with E-state index in [0.717, 1.165) is 48.7 Å². The summed E-state index contributed by atoms with van der Waals surface area (Å²) in [7, 11) is 1.61. The van der Waals surface area contributed by atoms with E-state index >= 15 is 0 Å². The highest BCUT2D eigenvalue weighted by Crippen LogP contribution is 2.35. The number of aliphatic hydroxyl groups excluding tert-OH is 1. The van der Waals surface area contributed by atoms with Gasteiger partial charge in [-0.25, -0.2) is 4.39 Å². The van der Waals surface area contributed by atoms with Crippen LogP contribution in [0, 0.1) is 11.7 Å². The zero-order valence-corrected chi connectivity index (χ0v) is 18.8. The molecule has 0 bridgehead atoms. The summed E-state index contributed by atoms with van der Waals surface area (Å²) in [5.74, 6) is 1.07. The van der Waals surface area contributed by atoms with Crippen LogP contribution in [0.1, 0.15) is 37.0 Å². The number of halogens is 2. The van der Waals surface area contributed by atoms with Crippen molar-refractivity contribution in [1.29, 1.82) is 0 Å². The Balaban J connectivity index is 1.39. The third kappa shape index (κ3) is 4.87. The van der Waals surface area contributed by atoms with Crippen molar-refractivity contribution in [3.63, 3.8) is 0 Å². The van der Waals surface area contributed by atoms with Gasteiger partial charge in [-0.1, -0.05) is 41.9 Å². The van der Waals surface area contributed by atoms with Crippen LogP contribution >= 0.6 is 11.6 Å². The highest BCUT2D eigenvalue weighted by Gasteiger charge is 2.28. The highest BCUT2D eigenvalue weighted by atomic mass is 35.5. The lowest BCUT2D eigenvalue weighted by Crippen LogP contribution is -2.43.